The van der Waals surface area contributed by atoms with Crippen LogP contribution in [0.2, 0.25) is 5.02 Å². The highest BCUT2D eigenvalue weighted by Gasteiger charge is 2.28. The summed E-state index contributed by atoms with van der Waals surface area (Å²) in [6.45, 7) is 0.894. The Morgan fingerprint density at radius 2 is 1.63 bits per heavy atom. The molecule has 216 valence electrons. The van der Waals surface area contributed by atoms with E-state index in [9.17, 15) is 18.0 Å². The maximum absolute atomic E-state index is 13.3. The summed E-state index contributed by atoms with van der Waals surface area (Å²) in [4.78, 5) is 22.0. The van der Waals surface area contributed by atoms with Crippen molar-refractivity contribution in [1.29, 1.82) is 5.41 Å². The second kappa shape index (κ2) is 12.4. The van der Waals surface area contributed by atoms with Gasteiger partial charge in [-0.2, -0.15) is 13.2 Å². The van der Waals surface area contributed by atoms with E-state index in [1.165, 1.54) is 5.69 Å². The summed E-state index contributed by atoms with van der Waals surface area (Å²) < 4.78 is 34.3. The molecule has 0 fully saturated rings. The zero-order chi connectivity index (χ0) is 30.5. The van der Waals surface area contributed by atoms with Gasteiger partial charge in [-0.1, -0.05) is 41.9 Å². The van der Waals surface area contributed by atoms with E-state index in [-0.39, 0.29) is 11.7 Å². The summed E-state index contributed by atoms with van der Waals surface area (Å²) in [6, 6.07) is 23.2. The zero-order valence-corrected chi connectivity index (χ0v) is 23.3. The zero-order valence-electron chi connectivity index (χ0n) is 22.6. The van der Waals surface area contributed by atoms with Gasteiger partial charge in [-0.3, -0.25) is 14.7 Å². The number of carbonyl (C=O) groups is 2. The van der Waals surface area contributed by atoms with Crippen molar-refractivity contribution in [1.82, 2.24) is 14.4 Å². The van der Waals surface area contributed by atoms with Crippen molar-refractivity contribution in [2.24, 2.45) is 5.73 Å². The average Bonchev–Trinajstić information content (AvgIpc) is 3.24. The fraction of sp³-hybridized carbons (Fsp3) is 0.207. The van der Waals surface area contributed by atoms with Crippen molar-refractivity contribution in [2.75, 3.05) is 21.1 Å². The van der Waals surface area contributed by atoms with Crippen LogP contribution in [-0.4, -0.2) is 49.6 Å². The van der Waals surface area contributed by atoms with E-state index in [0.29, 0.717) is 29.4 Å². The van der Waals surface area contributed by atoms with Crippen molar-refractivity contribution in [3.8, 4) is 0 Å². The van der Waals surface area contributed by atoms with E-state index >= 15 is 0 Å². The number of halogens is 4. The maximum Gasteiger partial charge on any atom is 0.430 e. The number of nitrogens with zero attached hydrogens (tertiary/aromatic N) is 2. The standard InChI is InChI=1S/C27H28ClN5O.C2HF3O2/c1-33(2,3)23-10-7-18(8-11-23)16-31-27(34)25-15-21-14-22(28)9-12-24(21)32(25)17-19-5-4-6-20(13-19)26(29)30;3-2(4,5)1(6)7/h4-15H,16-17H2,1-3H3,(H3-,29,30,31,34);(H,6,7). The molecule has 0 bridgehead atoms. The lowest BCUT2D eigenvalue weighted by molar-refractivity contribution is -0.344. The third kappa shape index (κ3) is 8.32. The first-order chi connectivity index (χ1) is 19.1. The van der Waals surface area contributed by atoms with Crippen molar-refractivity contribution in [3.05, 3.63) is 100 Å². The first-order valence-corrected chi connectivity index (χ1v) is 12.6. The minimum absolute atomic E-state index is 0.0141. The second-order valence-electron chi connectivity index (χ2n) is 10.1. The Morgan fingerprint density at radius 1 is 1.00 bits per heavy atom. The number of carbonyl (C=O) groups excluding carboxylic acids is 2. The lowest BCUT2D eigenvalue weighted by atomic mass is 10.1. The highest BCUT2D eigenvalue weighted by Crippen LogP contribution is 2.25. The molecule has 0 radical (unpaired) electrons. The number of benzene rings is 3. The minimum atomic E-state index is -5.19. The molecule has 0 unspecified atom stereocenters. The number of carboxylic acids is 1. The van der Waals surface area contributed by atoms with E-state index in [0.717, 1.165) is 26.5 Å². The van der Waals surface area contributed by atoms with Gasteiger partial charge in [-0.15, -0.1) is 0 Å². The Balaban J connectivity index is 0.000000587. The maximum atomic E-state index is 13.3. The van der Waals surface area contributed by atoms with Gasteiger partial charge in [-0.25, -0.2) is 0 Å². The smallest absolute Gasteiger partial charge is 0.430 e. The van der Waals surface area contributed by atoms with Crippen LogP contribution in [0, 0.1) is 5.41 Å². The van der Waals surface area contributed by atoms with Crippen LogP contribution in [-0.2, 0) is 17.9 Å². The molecular weight excluding hydrogens is 559 g/mol. The first-order valence-electron chi connectivity index (χ1n) is 12.3. The number of aromatic nitrogens is 1. The monoisotopic (exact) mass is 587 g/mol. The predicted octanol–water partition coefficient (Wildman–Crippen LogP) is 4.05. The fourth-order valence-electron chi connectivity index (χ4n) is 3.95. The van der Waals surface area contributed by atoms with Crippen LogP contribution in [0.25, 0.3) is 10.9 Å². The molecule has 4 N–H and O–H groups in total. The van der Waals surface area contributed by atoms with Gasteiger partial charge in [0.2, 0.25) is 0 Å². The van der Waals surface area contributed by atoms with E-state index in [2.05, 4.69) is 38.6 Å². The molecule has 41 heavy (non-hydrogen) atoms. The molecular formula is C29H29ClF3N5O3. The number of amides is 1. The molecule has 8 nitrogen and oxygen atoms in total. The molecule has 1 amide bonds. The number of fused-ring (bicyclic) bond motifs is 1. The molecule has 0 aliphatic rings. The molecule has 0 saturated heterocycles. The number of alkyl halides is 3. The van der Waals surface area contributed by atoms with Gasteiger partial charge in [0.1, 0.15) is 23.2 Å². The number of nitrogens with one attached hydrogen (secondary N) is 2. The number of carboxylic acid groups (broad SMARTS) is 1. The van der Waals surface area contributed by atoms with Crippen LogP contribution >= 0.6 is 11.6 Å². The van der Waals surface area contributed by atoms with Crippen molar-refractivity contribution in [2.45, 2.75) is 19.3 Å². The lowest BCUT2D eigenvalue weighted by Crippen LogP contribution is -2.37. The van der Waals surface area contributed by atoms with Gasteiger partial charge in [0.05, 0.1) is 21.1 Å². The molecule has 12 heteroatoms. The van der Waals surface area contributed by atoms with Crippen molar-refractivity contribution in [3.63, 3.8) is 0 Å². The quantitative estimate of drug-likeness (QED) is 0.171. The third-order valence-corrected chi connectivity index (χ3v) is 6.31. The number of nitrogen functional groups attached to an aromatic ring is 1. The molecule has 1 aromatic heterocycles. The van der Waals surface area contributed by atoms with E-state index < -0.39 is 12.1 Å². The van der Waals surface area contributed by atoms with Gasteiger partial charge in [0.15, 0.2) is 0 Å². The molecule has 4 rings (SSSR count). The molecule has 0 atom stereocenters. The number of aliphatic carboxylic acids is 1. The molecule has 0 aliphatic carbocycles. The normalized spacial score (nSPS) is 11.5. The van der Waals surface area contributed by atoms with Gasteiger partial charge in [0.25, 0.3) is 5.91 Å². The van der Waals surface area contributed by atoms with Crippen LogP contribution in [0.5, 0.6) is 0 Å². The van der Waals surface area contributed by atoms with Gasteiger partial charge < -0.3 is 25.5 Å². The molecule has 1 heterocycles. The minimum Gasteiger partial charge on any atom is -0.542 e. The average molecular weight is 588 g/mol. The second-order valence-corrected chi connectivity index (χ2v) is 10.5. The van der Waals surface area contributed by atoms with Crippen LogP contribution in [0.4, 0.5) is 18.9 Å². The Morgan fingerprint density at radius 3 is 2.20 bits per heavy atom. The number of rotatable bonds is 7. The third-order valence-electron chi connectivity index (χ3n) is 6.07. The van der Waals surface area contributed by atoms with Gasteiger partial charge in [0, 0.05) is 34.6 Å². The number of hydrogen-bond donors (Lipinski definition) is 3. The predicted molar refractivity (Wildman–Crippen MR) is 152 cm³/mol. The van der Waals surface area contributed by atoms with Crippen LogP contribution < -0.4 is 20.6 Å². The topological polar surface area (TPSA) is 124 Å². The number of quaternary nitrogens is 1. The Kier molecular flexibility index (Phi) is 9.46. The molecule has 4 aromatic rings. The van der Waals surface area contributed by atoms with Gasteiger partial charge >= 0.3 is 6.18 Å². The van der Waals surface area contributed by atoms with E-state index in [1.807, 2.05) is 59.2 Å². The summed E-state index contributed by atoms with van der Waals surface area (Å²) in [6.07, 6.45) is -5.19. The Bertz CT molecular complexity index is 1580. The fourth-order valence-corrected chi connectivity index (χ4v) is 4.13. The molecule has 0 saturated carbocycles. The lowest BCUT2D eigenvalue weighted by Gasteiger charge is -2.23. The van der Waals surface area contributed by atoms with Crippen LogP contribution in [0.3, 0.4) is 0 Å². The molecule has 0 aliphatic heterocycles. The first kappa shape index (κ1) is 31.2. The number of hydrogen-bond acceptors (Lipinski definition) is 4. The Hall–Kier alpha value is -4.35. The SMILES string of the molecule is C[N+](C)(C)c1ccc(CNC(=O)c2cc3cc(Cl)ccc3n2Cc2cccc(C(=N)N)c2)cc1.O=C([O-])C(F)(F)F. The highest BCUT2D eigenvalue weighted by atomic mass is 35.5. The largest absolute Gasteiger partial charge is 0.542 e. The molecule has 3 aromatic carbocycles. The summed E-state index contributed by atoms with van der Waals surface area (Å²) in [5.74, 6) is -3.15. The summed E-state index contributed by atoms with van der Waals surface area (Å²) in [7, 11) is 6.36. The van der Waals surface area contributed by atoms with Gasteiger partial charge in [-0.05, 0) is 53.6 Å². The number of nitrogens with two attached hydrogens (primary N) is 1. The molecule has 0 spiro atoms. The summed E-state index contributed by atoms with van der Waals surface area (Å²) in [5.41, 5.74) is 11.0. The van der Waals surface area contributed by atoms with Crippen molar-refractivity contribution < 1.29 is 27.9 Å². The highest BCUT2D eigenvalue weighted by molar-refractivity contribution is 6.31. The summed E-state index contributed by atoms with van der Waals surface area (Å²) >= 11 is 6.21. The van der Waals surface area contributed by atoms with Crippen molar-refractivity contribution >= 4 is 45.9 Å². The summed E-state index contributed by atoms with van der Waals surface area (Å²) in [5, 5.41) is 21.1. The number of amidine groups is 1. The van der Waals surface area contributed by atoms with E-state index in [1.54, 1.807) is 6.07 Å². The van der Waals surface area contributed by atoms with E-state index in [4.69, 9.17) is 32.6 Å². The Labute approximate surface area is 239 Å². The van der Waals surface area contributed by atoms with Crippen LogP contribution in [0.15, 0.2) is 72.8 Å². The van der Waals surface area contributed by atoms with Crippen LogP contribution in [0.1, 0.15) is 27.2 Å².